The Labute approximate surface area is 158 Å². The average Bonchev–Trinajstić information content (AvgIpc) is 3.11. The Balaban J connectivity index is 1.61. The first-order valence-corrected chi connectivity index (χ1v) is 10.9. The molecule has 8 nitrogen and oxygen atoms in total. The summed E-state index contributed by atoms with van der Waals surface area (Å²) in [6, 6.07) is 8.96. The minimum atomic E-state index is -3.22. The van der Waals surface area contributed by atoms with Crippen molar-refractivity contribution in [2.24, 2.45) is 0 Å². The minimum Gasteiger partial charge on any atom is -0.367 e. The van der Waals surface area contributed by atoms with E-state index in [1.54, 1.807) is 28.8 Å². The van der Waals surface area contributed by atoms with Gasteiger partial charge in [0.1, 0.15) is 18.0 Å². The second-order valence-corrected chi connectivity index (χ2v) is 8.92. The van der Waals surface area contributed by atoms with E-state index in [4.69, 9.17) is 0 Å². The number of sulfone groups is 1. The van der Waals surface area contributed by atoms with E-state index in [1.165, 1.54) is 31.8 Å². The molecule has 9 heteroatoms. The highest BCUT2D eigenvalue weighted by Gasteiger charge is 2.15. The average molecular weight is 386 g/mol. The number of hydrogen-bond acceptors (Lipinski definition) is 7. The van der Waals surface area contributed by atoms with E-state index in [9.17, 15) is 8.42 Å². The maximum absolute atomic E-state index is 11.6. The van der Waals surface area contributed by atoms with Gasteiger partial charge in [-0.3, -0.25) is 0 Å². The smallest absolute Gasteiger partial charge is 0.256 e. The Bertz CT molecular complexity index is 1040. The number of hydrogen-bond donors (Lipinski definition) is 2. The lowest BCUT2D eigenvalue weighted by Crippen LogP contribution is -2.23. The van der Waals surface area contributed by atoms with E-state index < -0.39 is 9.84 Å². The molecule has 1 aliphatic carbocycles. The third kappa shape index (κ3) is 4.02. The topological polar surface area (TPSA) is 101 Å². The molecule has 0 aliphatic heterocycles. The van der Waals surface area contributed by atoms with Crippen LogP contribution >= 0.6 is 0 Å². The monoisotopic (exact) mass is 386 g/mol. The molecule has 0 amide bonds. The fourth-order valence-corrected chi connectivity index (χ4v) is 4.00. The summed E-state index contributed by atoms with van der Waals surface area (Å²) in [5.41, 5.74) is 0.758. The van der Waals surface area contributed by atoms with Crippen LogP contribution in [0.4, 0.5) is 17.3 Å². The van der Waals surface area contributed by atoms with Crippen LogP contribution in [0.1, 0.15) is 32.1 Å². The lowest BCUT2D eigenvalue weighted by Gasteiger charge is -2.23. The first kappa shape index (κ1) is 17.7. The van der Waals surface area contributed by atoms with Gasteiger partial charge in [-0.2, -0.15) is 19.6 Å². The second-order valence-electron chi connectivity index (χ2n) is 6.90. The van der Waals surface area contributed by atoms with Crippen molar-refractivity contribution >= 4 is 32.9 Å². The number of nitrogens with one attached hydrogen (secondary N) is 2. The number of anilines is 3. The third-order valence-corrected chi connectivity index (χ3v) is 5.89. The van der Waals surface area contributed by atoms with Crippen molar-refractivity contribution in [3.05, 3.63) is 36.7 Å². The quantitative estimate of drug-likeness (QED) is 0.695. The van der Waals surface area contributed by atoms with Crippen molar-refractivity contribution in [3.63, 3.8) is 0 Å². The van der Waals surface area contributed by atoms with Crippen molar-refractivity contribution in [2.75, 3.05) is 16.9 Å². The highest BCUT2D eigenvalue weighted by atomic mass is 32.2. The fourth-order valence-electron chi connectivity index (χ4n) is 3.36. The summed E-state index contributed by atoms with van der Waals surface area (Å²) in [7, 11) is -3.22. The van der Waals surface area contributed by atoms with Crippen LogP contribution in [-0.4, -0.2) is 40.3 Å². The van der Waals surface area contributed by atoms with Gasteiger partial charge in [-0.1, -0.05) is 19.3 Å². The van der Waals surface area contributed by atoms with Crippen LogP contribution in [-0.2, 0) is 9.84 Å². The highest BCUT2D eigenvalue weighted by Crippen LogP contribution is 2.24. The van der Waals surface area contributed by atoms with Gasteiger partial charge in [0, 0.05) is 24.1 Å². The SMILES string of the molecule is CS(=O)(=O)c1ccc(Nc2cc(NC3CCCCC3)nc3ncnn23)cc1. The van der Waals surface area contributed by atoms with Crippen molar-refractivity contribution in [2.45, 2.75) is 43.0 Å². The fraction of sp³-hybridized carbons (Fsp3) is 0.389. The summed E-state index contributed by atoms with van der Waals surface area (Å²) >= 11 is 0. The van der Waals surface area contributed by atoms with Crippen LogP contribution in [0, 0.1) is 0 Å². The molecule has 0 bridgehead atoms. The van der Waals surface area contributed by atoms with Crippen LogP contribution in [0.25, 0.3) is 5.78 Å². The molecule has 27 heavy (non-hydrogen) atoms. The molecule has 0 radical (unpaired) electrons. The van der Waals surface area contributed by atoms with Gasteiger partial charge in [-0.05, 0) is 37.1 Å². The van der Waals surface area contributed by atoms with Gasteiger partial charge in [-0.15, -0.1) is 0 Å². The predicted molar refractivity (Wildman–Crippen MR) is 104 cm³/mol. The molecular formula is C18H22N6O2S. The molecule has 3 aromatic rings. The van der Waals surface area contributed by atoms with Crippen molar-refractivity contribution in [3.8, 4) is 0 Å². The number of fused-ring (bicyclic) bond motifs is 1. The summed E-state index contributed by atoms with van der Waals surface area (Å²) in [6.45, 7) is 0. The van der Waals surface area contributed by atoms with Crippen molar-refractivity contribution < 1.29 is 8.42 Å². The summed E-state index contributed by atoms with van der Waals surface area (Å²) < 4.78 is 24.9. The Hall–Kier alpha value is -2.68. The molecule has 2 aromatic heterocycles. The Morgan fingerprint density at radius 3 is 2.56 bits per heavy atom. The zero-order valence-electron chi connectivity index (χ0n) is 15.1. The van der Waals surface area contributed by atoms with Crippen molar-refractivity contribution in [1.82, 2.24) is 19.6 Å². The van der Waals surface area contributed by atoms with E-state index in [2.05, 4.69) is 25.7 Å². The standard InChI is InChI=1S/C18H22N6O2S/c1-27(25,26)15-9-7-14(8-10-15)22-17-11-16(21-13-5-3-2-4-6-13)23-18-19-12-20-24(17)18/h7-13,22H,2-6H2,1H3,(H,19,20,21,23). The van der Waals surface area contributed by atoms with Crippen molar-refractivity contribution in [1.29, 1.82) is 0 Å². The van der Waals surface area contributed by atoms with Crippen LogP contribution in [0.2, 0.25) is 0 Å². The number of nitrogens with zero attached hydrogens (tertiary/aromatic N) is 4. The molecule has 1 aliphatic rings. The van der Waals surface area contributed by atoms with E-state index in [1.807, 2.05) is 6.07 Å². The maximum atomic E-state index is 11.6. The van der Waals surface area contributed by atoms with Gasteiger partial charge in [0.05, 0.1) is 4.90 Å². The first-order chi connectivity index (χ1) is 13.0. The van der Waals surface area contributed by atoms with Crippen LogP contribution < -0.4 is 10.6 Å². The van der Waals surface area contributed by atoms with E-state index >= 15 is 0 Å². The molecular weight excluding hydrogens is 364 g/mol. The molecule has 2 N–H and O–H groups in total. The van der Waals surface area contributed by atoms with Gasteiger partial charge in [0.2, 0.25) is 0 Å². The summed E-state index contributed by atoms with van der Waals surface area (Å²) in [4.78, 5) is 9.03. The zero-order chi connectivity index (χ0) is 18.9. The summed E-state index contributed by atoms with van der Waals surface area (Å²) in [5.74, 6) is 1.98. The Morgan fingerprint density at radius 2 is 1.85 bits per heavy atom. The normalized spacial score (nSPS) is 15.7. The molecule has 0 spiro atoms. The number of rotatable bonds is 5. The molecule has 0 atom stereocenters. The molecule has 1 saturated carbocycles. The highest BCUT2D eigenvalue weighted by molar-refractivity contribution is 7.90. The summed E-state index contributed by atoms with van der Waals surface area (Å²) in [6.07, 6.45) is 8.73. The predicted octanol–water partition coefficient (Wildman–Crippen LogP) is 3.02. The van der Waals surface area contributed by atoms with Gasteiger partial charge in [0.15, 0.2) is 9.84 Å². The Morgan fingerprint density at radius 1 is 1.11 bits per heavy atom. The molecule has 2 heterocycles. The van der Waals surface area contributed by atoms with E-state index in [0.29, 0.717) is 17.6 Å². The van der Waals surface area contributed by atoms with Gasteiger partial charge < -0.3 is 10.6 Å². The van der Waals surface area contributed by atoms with E-state index in [-0.39, 0.29) is 4.90 Å². The molecule has 0 saturated heterocycles. The first-order valence-electron chi connectivity index (χ1n) is 9.03. The zero-order valence-corrected chi connectivity index (χ0v) is 15.9. The van der Waals surface area contributed by atoms with Crippen LogP contribution in [0.3, 0.4) is 0 Å². The molecule has 0 unspecified atom stereocenters. The number of benzene rings is 1. The molecule has 1 aromatic carbocycles. The van der Waals surface area contributed by atoms with Crippen LogP contribution in [0.15, 0.2) is 41.6 Å². The number of aromatic nitrogens is 4. The maximum Gasteiger partial charge on any atom is 0.256 e. The lowest BCUT2D eigenvalue weighted by atomic mass is 9.95. The Kier molecular flexibility index (Phi) is 4.69. The minimum absolute atomic E-state index is 0.285. The molecule has 142 valence electrons. The molecule has 4 rings (SSSR count). The van der Waals surface area contributed by atoms with Gasteiger partial charge >= 0.3 is 0 Å². The second kappa shape index (κ2) is 7.15. The van der Waals surface area contributed by atoms with Crippen LogP contribution in [0.5, 0.6) is 0 Å². The van der Waals surface area contributed by atoms with Gasteiger partial charge in [0.25, 0.3) is 5.78 Å². The third-order valence-electron chi connectivity index (χ3n) is 4.76. The largest absolute Gasteiger partial charge is 0.367 e. The lowest BCUT2D eigenvalue weighted by molar-refractivity contribution is 0.462. The summed E-state index contributed by atoms with van der Waals surface area (Å²) in [5, 5.41) is 11.0. The molecule has 1 fully saturated rings. The van der Waals surface area contributed by atoms with E-state index in [0.717, 1.165) is 24.3 Å². The van der Waals surface area contributed by atoms with Gasteiger partial charge in [-0.25, -0.2) is 8.42 Å².